The molecule has 0 radical (unpaired) electrons. The van der Waals surface area contributed by atoms with E-state index in [2.05, 4.69) is 29.3 Å². The second kappa shape index (κ2) is 6.62. The lowest BCUT2D eigenvalue weighted by Gasteiger charge is -2.11. The molecule has 6 nitrogen and oxygen atoms in total. The van der Waals surface area contributed by atoms with Gasteiger partial charge in [0.1, 0.15) is 0 Å². The Morgan fingerprint density at radius 3 is 2.57 bits per heavy atom. The van der Waals surface area contributed by atoms with Crippen LogP contribution in [0, 0.1) is 0 Å². The van der Waals surface area contributed by atoms with Crippen molar-refractivity contribution in [1.29, 1.82) is 0 Å². The predicted molar refractivity (Wildman–Crippen MR) is 83.2 cm³/mol. The van der Waals surface area contributed by atoms with Gasteiger partial charge in [0.25, 0.3) is 0 Å². The molecular weight excluding hydrogens is 286 g/mol. The van der Waals surface area contributed by atoms with Crippen molar-refractivity contribution < 1.29 is 4.79 Å². The molecule has 2 rings (SSSR count). The number of carbonyl (C=O) groups excluding carboxylic acids is 1. The number of nitrogens with two attached hydrogens (primary N) is 2. The summed E-state index contributed by atoms with van der Waals surface area (Å²) in [5, 5.41) is 8.24. The highest BCUT2D eigenvalue weighted by Gasteiger charge is 2.18. The summed E-state index contributed by atoms with van der Waals surface area (Å²) in [6, 6.07) is 10.2. The lowest BCUT2D eigenvalue weighted by Crippen LogP contribution is -2.24. The summed E-state index contributed by atoms with van der Waals surface area (Å²) < 4.78 is 1.43. The molecule has 0 spiro atoms. The maximum absolute atomic E-state index is 11.1. The monoisotopic (exact) mass is 305 g/mol. The Morgan fingerprint density at radius 1 is 1.29 bits per heavy atom. The van der Waals surface area contributed by atoms with Gasteiger partial charge in [0.05, 0.1) is 5.25 Å². The molecular formula is C14H19N5OS. The summed E-state index contributed by atoms with van der Waals surface area (Å²) in [5.74, 6) is 6.56. The Labute approximate surface area is 127 Å². The average Bonchev–Trinajstić information content (AvgIpc) is 2.81. The van der Waals surface area contributed by atoms with Crippen LogP contribution < -0.4 is 11.6 Å². The van der Waals surface area contributed by atoms with Gasteiger partial charge in [0, 0.05) is 6.42 Å². The van der Waals surface area contributed by atoms with Crippen molar-refractivity contribution in [3.63, 3.8) is 0 Å². The van der Waals surface area contributed by atoms with Gasteiger partial charge in [-0.05, 0) is 18.4 Å². The van der Waals surface area contributed by atoms with Gasteiger partial charge < -0.3 is 11.6 Å². The first kappa shape index (κ1) is 15.4. The van der Waals surface area contributed by atoms with Gasteiger partial charge in [-0.1, -0.05) is 49.0 Å². The van der Waals surface area contributed by atoms with Crippen LogP contribution in [0.3, 0.4) is 0 Å². The molecule has 7 heteroatoms. The second-order valence-corrected chi connectivity index (χ2v) is 6.26. The highest BCUT2D eigenvalue weighted by molar-refractivity contribution is 8.00. The summed E-state index contributed by atoms with van der Waals surface area (Å²) in [6.07, 6.45) is 0.680. The maximum Gasteiger partial charge on any atom is 0.230 e. The van der Waals surface area contributed by atoms with Crippen molar-refractivity contribution in [3.05, 3.63) is 41.7 Å². The third-order valence-electron chi connectivity index (χ3n) is 3.28. The number of rotatable bonds is 6. The SMILES string of the molecule is C[C@H](Sc1nnc(C[C@H](C)c2ccccc2)n1N)C(N)=O. The van der Waals surface area contributed by atoms with E-state index in [1.165, 1.54) is 22.0 Å². The average molecular weight is 305 g/mol. The van der Waals surface area contributed by atoms with E-state index < -0.39 is 11.2 Å². The van der Waals surface area contributed by atoms with E-state index in [-0.39, 0.29) is 5.92 Å². The van der Waals surface area contributed by atoms with E-state index in [1.54, 1.807) is 6.92 Å². The topological polar surface area (TPSA) is 99.8 Å². The minimum atomic E-state index is -0.401. The van der Waals surface area contributed by atoms with Crippen molar-refractivity contribution in [2.45, 2.75) is 36.6 Å². The van der Waals surface area contributed by atoms with Crippen LogP contribution in [-0.4, -0.2) is 26.0 Å². The number of nitrogens with zero attached hydrogens (tertiary/aromatic N) is 3. The minimum Gasteiger partial charge on any atom is -0.369 e. The molecule has 21 heavy (non-hydrogen) atoms. The fourth-order valence-electron chi connectivity index (χ4n) is 1.92. The van der Waals surface area contributed by atoms with Crippen LogP contribution in [0.5, 0.6) is 0 Å². The van der Waals surface area contributed by atoms with Crippen LogP contribution in [-0.2, 0) is 11.2 Å². The third kappa shape index (κ3) is 3.75. The van der Waals surface area contributed by atoms with Gasteiger partial charge in [-0.15, -0.1) is 10.2 Å². The first-order chi connectivity index (χ1) is 9.99. The highest BCUT2D eigenvalue weighted by Crippen LogP contribution is 2.23. The summed E-state index contributed by atoms with van der Waals surface area (Å²) in [6.45, 7) is 3.83. The van der Waals surface area contributed by atoms with Gasteiger partial charge in [-0.3, -0.25) is 4.79 Å². The predicted octanol–water partition coefficient (Wildman–Crippen LogP) is 1.30. The first-order valence-electron chi connectivity index (χ1n) is 6.69. The highest BCUT2D eigenvalue weighted by atomic mass is 32.2. The lowest BCUT2D eigenvalue weighted by molar-refractivity contribution is -0.117. The molecule has 2 aromatic rings. The van der Waals surface area contributed by atoms with Gasteiger partial charge >= 0.3 is 0 Å². The van der Waals surface area contributed by atoms with E-state index in [9.17, 15) is 4.79 Å². The molecule has 0 aliphatic heterocycles. The molecule has 0 unspecified atom stereocenters. The van der Waals surface area contributed by atoms with E-state index in [0.717, 1.165) is 0 Å². The number of amides is 1. The summed E-state index contributed by atoms with van der Waals surface area (Å²) >= 11 is 1.21. The number of benzene rings is 1. The van der Waals surface area contributed by atoms with Crippen molar-refractivity contribution in [1.82, 2.24) is 14.9 Å². The smallest absolute Gasteiger partial charge is 0.230 e. The number of hydrogen-bond donors (Lipinski definition) is 2. The molecule has 0 bridgehead atoms. The fraction of sp³-hybridized carbons (Fsp3) is 0.357. The molecule has 0 aliphatic rings. The molecule has 0 saturated carbocycles. The van der Waals surface area contributed by atoms with E-state index in [4.69, 9.17) is 11.6 Å². The zero-order valence-electron chi connectivity index (χ0n) is 12.1. The standard InChI is InChI=1S/C14H19N5OS/c1-9(11-6-4-3-5-7-11)8-12-17-18-14(19(12)16)21-10(2)13(15)20/h3-7,9-10H,8,16H2,1-2H3,(H2,15,20)/t9-,10-/m0/s1. The molecule has 4 N–H and O–H groups in total. The van der Waals surface area contributed by atoms with Crippen molar-refractivity contribution in [2.24, 2.45) is 5.73 Å². The number of aromatic nitrogens is 3. The molecule has 1 heterocycles. The summed E-state index contributed by atoms with van der Waals surface area (Å²) in [4.78, 5) is 11.1. The van der Waals surface area contributed by atoms with E-state index in [0.29, 0.717) is 17.4 Å². The molecule has 1 amide bonds. The van der Waals surface area contributed by atoms with Crippen LogP contribution in [0.25, 0.3) is 0 Å². The molecule has 1 aromatic carbocycles. The van der Waals surface area contributed by atoms with Crippen LogP contribution >= 0.6 is 11.8 Å². The normalized spacial score (nSPS) is 13.8. The zero-order chi connectivity index (χ0) is 15.4. The number of primary amides is 1. The number of hydrogen-bond acceptors (Lipinski definition) is 5. The molecule has 0 aliphatic carbocycles. The molecule has 2 atom stereocenters. The number of carbonyl (C=O) groups is 1. The zero-order valence-corrected chi connectivity index (χ0v) is 12.9. The van der Waals surface area contributed by atoms with E-state index in [1.807, 2.05) is 18.2 Å². The molecule has 0 fully saturated rings. The Bertz CT molecular complexity index is 613. The van der Waals surface area contributed by atoms with Crippen molar-refractivity contribution in [3.8, 4) is 0 Å². The Kier molecular flexibility index (Phi) is 4.85. The number of thioether (sulfide) groups is 1. The first-order valence-corrected chi connectivity index (χ1v) is 7.57. The van der Waals surface area contributed by atoms with Crippen molar-refractivity contribution in [2.75, 3.05) is 5.84 Å². The van der Waals surface area contributed by atoms with Gasteiger partial charge in [-0.25, -0.2) is 4.68 Å². The number of nitrogen functional groups attached to an aromatic ring is 1. The Balaban J connectivity index is 2.08. The second-order valence-electron chi connectivity index (χ2n) is 4.95. The fourth-order valence-corrected chi connectivity index (χ4v) is 2.66. The van der Waals surface area contributed by atoms with Crippen LogP contribution in [0.15, 0.2) is 35.5 Å². The molecule has 112 valence electrons. The maximum atomic E-state index is 11.1. The third-order valence-corrected chi connectivity index (χ3v) is 4.35. The van der Waals surface area contributed by atoms with Crippen LogP contribution in [0.2, 0.25) is 0 Å². The van der Waals surface area contributed by atoms with Crippen LogP contribution in [0.1, 0.15) is 31.2 Å². The largest absolute Gasteiger partial charge is 0.369 e. The summed E-state index contributed by atoms with van der Waals surface area (Å²) in [5.41, 5.74) is 6.46. The van der Waals surface area contributed by atoms with Gasteiger partial charge in [-0.2, -0.15) is 0 Å². The Morgan fingerprint density at radius 2 is 1.95 bits per heavy atom. The van der Waals surface area contributed by atoms with E-state index >= 15 is 0 Å². The van der Waals surface area contributed by atoms with Gasteiger partial charge in [0.2, 0.25) is 11.1 Å². The van der Waals surface area contributed by atoms with Crippen molar-refractivity contribution >= 4 is 17.7 Å². The van der Waals surface area contributed by atoms with Crippen LogP contribution in [0.4, 0.5) is 0 Å². The lowest BCUT2D eigenvalue weighted by atomic mass is 9.98. The minimum absolute atomic E-state index is 0.282. The Hall–Kier alpha value is -2.02. The quantitative estimate of drug-likeness (QED) is 0.619. The molecule has 0 saturated heterocycles. The molecule has 1 aromatic heterocycles. The van der Waals surface area contributed by atoms with Gasteiger partial charge in [0.15, 0.2) is 5.82 Å². The summed E-state index contributed by atoms with van der Waals surface area (Å²) in [7, 11) is 0.